The van der Waals surface area contributed by atoms with Gasteiger partial charge in [0.2, 0.25) is 5.28 Å². The number of hydrogen-bond donors (Lipinski definition) is 0. The van der Waals surface area contributed by atoms with E-state index in [-0.39, 0.29) is 18.3 Å². The van der Waals surface area contributed by atoms with Gasteiger partial charge in [-0.25, -0.2) is 9.97 Å². The Morgan fingerprint density at radius 1 is 1.35 bits per heavy atom. The predicted octanol–water partition coefficient (Wildman–Crippen LogP) is 2.77. The molecule has 1 aromatic rings. The molecule has 1 heterocycles. The van der Waals surface area contributed by atoms with E-state index in [0.29, 0.717) is 16.2 Å². The van der Waals surface area contributed by atoms with E-state index in [1.807, 2.05) is 0 Å². The summed E-state index contributed by atoms with van der Waals surface area (Å²) < 4.78 is 29.2. The van der Waals surface area contributed by atoms with Crippen LogP contribution in [0, 0.1) is 0 Å². The van der Waals surface area contributed by atoms with Crippen LogP contribution in [-0.4, -0.2) is 30.2 Å². The average Bonchev–Trinajstić information content (AvgIpc) is 2.39. The zero-order chi connectivity index (χ0) is 14.8. The summed E-state index contributed by atoms with van der Waals surface area (Å²) in [6.45, 7) is 1.71. The number of nitrogens with zero attached hydrogens (tertiary/aromatic N) is 2. The SMILES string of the molecule is CCOS(=O)(=O)C1CC=C(Cl)C=C1c1cnc(Cl)nc1. The van der Waals surface area contributed by atoms with E-state index in [9.17, 15) is 8.42 Å². The standard InChI is InChI=1S/C12H12Cl2N2O3S/c1-2-19-20(17,18)11-4-3-9(13)5-10(11)8-6-15-12(14)16-7-8/h3,5-7,11H,2,4H2,1H3. The van der Waals surface area contributed by atoms with Gasteiger partial charge in [0.1, 0.15) is 5.25 Å². The Morgan fingerprint density at radius 3 is 2.60 bits per heavy atom. The quantitative estimate of drug-likeness (QED) is 0.625. The minimum absolute atomic E-state index is 0.0840. The van der Waals surface area contributed by atoms with E-state index in [0.717, 1.165) is 0 Å². The number of hydrogen-bond acceptors (Lipinski definition) is 5. The van der Waals surface area contributed by atoms with Crippen LogP contribution >= 0.6 is 23.2 Å². The highest BCUT2D eigenvalue weighted by molar-refractivity contribution is 7.87. The van der Waals surface area contributed by atoms with Crippen molar-refractivity contribution in [3.63, 3.8) is 0 Å². The highest BCUT2D eigenvalue weighted by Gasteiger charge is 2.32. The molecule has 0 fully saturated rings. The average molecular weight is 335 g/mol. The first kappa shape index (κ1) is 15.4. The molecule has 0 aliphatic heterocycles. The third kappa shape index (κ3) is 3.38. The molecule has 1 unspecified atom stereocenters. The maximum absolute atomic E-state index is 12.1. The van der Waals surface area contributed by atoms with Crippen molar-refractivity contribution in [2.45, 2.75) is 18.6 Å². The molecule has 1 atom stereocenters. The number of aromatic nitrogens is 2. The van der Waals surface area contributed by atoms with E-state index in [1.54, 1.807) is 19.1 Å². The van der Waals surface area contributed by atoms with Crippen molar-refractivity contribution in [3.05, 3.63) is 40.4 Å². The molecule has 0 amide bonds. The Bertz CT molecular complexity index is 654. The van der Waals surface area contributed by atoms with Crippen LogP contribution in [0.1, 0.15) is 18.9 Å². The van der Waals surface area contributed by atoms with Crippen LogP contribution in [0.5, 0.6) is 0 Å². The fraction of sp³-hybridized carbons (Fsp3) is 0.333. The molecule has 2 rings (SSSR count). The molecule has 0 spiro atoms. The van der Waals surface area contributed by atoms with Gasteiger partial charge in [-0.3, -0.25) is 4.18 Å². The minimum Gasteiger partial charge on any atom is -0.270 e. The smallest absolute Gasteiger partial charge is 0.270 e. The summed E-state index contributed by atoms with van der Waals surface area (Å²) in [7, 11) is -3.72. The lowest BCUT2D eigenvalue weighted by molar-refractivity contribution is 0.334. The maximum atomic E-state index is 12.1. The molecule has 20 heavy (non-hydrogen) atoms. The summed E-state index contributed by atoms with van der Waals surface area (Å²) in [5, 5.41) is -0.261. The van der Waals surface area contributed by atoms with Crippen LogP contribution in [0.2, 0.25) is 5.28 Å². The third-order valence-corrected chi connectivity index (χ3v) is 4.92. The summed E-state index contributed by atoms with van der Waals surface area (Å²) in [5.74, 6) is 0. The van der Waals surface area contributed by atoms with Crippen LogP contribution in [0.3, 0.4) is 0 Å². The van der Waals surface area contributed by atoms with Crippen molar-refractivity contribution < 1.29 is 12.6 Å². The van der Waals surface area contributed by atoms with E-state index < -0.39 is 15.4 Å². The van der Waals surface area contributed by atoms with Gasteiger partial charge in [0.15, 0.2) is 0 Å². The van der Waals surface area contributed by atoms with Crippen LogP contribution in [-0.2, 0) is 14.3 Å². The molecule has 0 radical (unpaired) electrons. The highest BCUT2D eigenvalue weighted by atomic mass is 35.5. The van der Waals surface area contributed by atoms with Crippen molar-refractivity contribution >= 4 is 38.9 Å². The van der Waals surface area contributed by atoms with E-state index in [2.05, 4.69) is 9.97 Å². The molecule has 0 aromatic carbocycles. The van der Waals surface area contributed by atoms with Gasteiger partial charge in [-0.2, -0.15) is 8.42 Å². The maximum Gasteiger partial charge on any atom is 0.274 e. The Labute approximate surface area is 127 Å². The van der Waals surface area contributed by atoms with Crippen LogP contribution < -0.4 is 0 Å². The van der Waals surface area contributed by atoms with Crippen molar-refractivity contribution in [1.29, 1.82) is 0 Å². The Hall–Kier alpha value is -0.950. The molecule has 108 valence electrons. The molecular formula is C12H12Cl2N2O3S. The zero-order valence-corrected chi connectivity index (χ0v) is 12.9. The Balaban J connectivity index is 2.44. The molecule has 1 aliphatic carbocycles. The van der Waals surface area contributed by atoms with Crippen LogP contribution in [0.4, 0.5) is 0 Å². The first-order valence-corrected chi connectivity index (χ1v) is 8.10. The van der Waals surface area contributed by atoms with Crippen molar-refractivity contribution in [2.24, 2.45) is 0 Å². The van der Waals surface area contributed by atoms with E-state index in [1.165, 1.54) is 12.4 Å². The molecule has 5 nitrogen and oxygen atoms in total. The minimum atomic E-state index is -3.72. The molecular weight excluding hydrogens is 323 g/mol. The number of halogens is 2. The lowest BCUT2D eigenvalue weighted by Gasteiger charge is -2.22. The van der Waals surface area contributed by atoms with Crippen LogP contribution in [0.25, 0.3) is 5.57 Å². The lowest BCUT2D eigenvalue weighted by atomic mass is 9.99. The van der Waals surface area contributed by atoms with Gasteiger partial charge in [0, 0.05) is 23.0 Å². The van der Waals surface area contributed by atoms with Crippen LogP contribution in [0.15, 0.2) is 29.6 Å². The van der Waals surface area contributed by atoms with Gasteiger partial charge in [-0.15, -0.1) is 0 Å². The molecule has 1 aromatic heterocycles. The zero-order valence-electron chi connectivity index (χ0n) is 10.6. The second-order valence-electron chi connectivity index (χ2n) is 4.05. The Kier molecular flexibility index (Phi) is 4.80. The van der Waals surface area contributed by atoms with Gasteiger partial charge in [0.25, 0.3) is 10.1 Å². The molecule has 8 heteroatoms. The van der Waals surface area contributed by atoms with Gasteiger partial charge >= 0.3 is 0 Å². The molecule has 0 bridgehead atoms. The lowest BCUT2D eigenvalue weighted by Crippen LogP contribution is -2.26. The van der Waals surface area contributed by atoms with E-state index in [4.69, 9.17) is 27.4 Å². The topological polar surface area (TPSA) is 69.2 Å². The number of rotatable bonds is 4. The van der Waals surface area contributed by atoms with E-state index >= 15 is 0 Å². The highest BCUT2D eigenvalue weighted by Crippen LogP contribution is 2.33. The molecule has 0 saturated heterocycles. The van der Waals surface area contributed by atoms with Crippen molar-refractivity contribution in [3.8, 4) is 0 Å². The van der Waals surface area contributed by atoms with Crippen molar-refractivity contribution in [2.75, 3.05) is 6.61 Å². The summed E-state index contributed by atoms with van der Waals surface area (Å²) >= 11 is 11.6. The Morgan fingerprint density at radius 2 is 2.00 bits per heavy atom. The molecule has 0 N–H and O–H groups in total. The summed E-state index contributed by atoms with van der Waals surface area (Å²) in [6.07, 6.45) is 6.40. The normalized spacial score (nSPS) is 19.4. The fourth-order valence-electron chi connectivity index (χ4n) is 1.90. The third-order valence-electron chi connectivity index (χ3n) is 2.75. The second kappa shape index (κ2) is 6.22. The van der Waals surface area contributed by atoms with Gasteiger partial charge < -0.3 is 0 Å². The fourth-order valence-corrected chi connectivity index (χ4v) is 3.54. The largest absolute Gasteiger partial charge is 0.274 e. The van der Waals surface area contributed by atoms with Gasteiger partial charge in [-0.1, -0.05) is 17.7 Å². The molecule has 0 saturated carbocycles. The summed E-state index contributed by atoms with van der Waals surface area (Å²) in [6, 6.07) is 0. The summed E-state index contributed by atoms with van der Waals surface area (Å²) in [5.41, 5.74) is 1.05. The first-order valence-electron chi connectivity index (χ1n) is 5.87. The first-order chi connectivity index (χ1) is 9.44. The van der Waals surface area contributed by atoms with Gasteiger partial charge in [-0.05, 0) is 36.6 Å². The number of allylic oxidation sites excluding steroid dienone is 3. The predicted molar refractivity (Wildman–Crippen MR) is 77.9 cm³/mol. The second-order valence-corrected chi connectivity index (χ2v) is 6.62. The summed E-state index contributed by atoms with van der Waals surface area (Å²) in [4.78, 5) is 7.71. The molecule has 1 aliphatic rings. The van der Waals surface area contributed by atoms with Crippen molar-refractivity contribution in [1.82, 2.24) is 9.97 Å². The monoisotopic (exact) mass is 334 g/mol. The van der Waals surface area contributed by atoms with Gasteiger partial charge in [0.05, 0.1) is 6.61 Å².